The van der Waals surface area contributed by atoms with Crippen LogP contribution in [0.5, 0.6) is 0 Å². The van der Waals surface area contributed by atoms with Crippen molar-refractivity contribution in [1.82, 2.24) is 0 Å². The fourth-order valence-corrected chi connectivity index (χ4v) is 3.77. The summed E-state index contributed by atoms with van der Waals surface area (Å²) in [6.07, 6.45) is 9.36. The number of nitro groups is 1. The second kappa shape index (κ2) is 7.99. The molecule has 0 saturated carbocycles. The molecule has 1 atom stereocenters. The molecule has 146 valence electrons. The van der Waals surface area contributed by atoms with Crippen molar-refractivity contribution in [1.29, 1.82) is 10.5 Å². The van der Waals surface area contributed by atoms with Gasteiger partial charge in [-0.2, -0.15) is 10.5 Å². The highest BCUT2D eigenvalue weighted by Gasteiger charge is 2.48. The lowest BCUT2D eigenvalue weighted by Gasteiger charge is -2.23. The van der Waals surface area contributed by atoms with E-state index in [0.29, 0.717) is 16.7 Å². The van der Waals surface area contributed by atoms with E-state index < -0.39 is 16.3 Å². The Bertz CT molecular complexity index is 1310. The predicted molar refractivity (Wildman–Crippen MR) is 117 cm³/mol. The van der Waals surface area contributed by atoms with Gasteiger partial charge in [-0.1, -0.05) is 66.5 Å². The molecule has 4 rings (SSSR count). The lowest BCUT2D eigenvalue weighted by Crippen LogP contribution is -2.24. The Morgan fingerprint density at radius 3 is 2.32 bits per heavy atom. The van der Waals surface area contributed by atoms with Crippen LogP contribution in [-0.4, -0.2) is 4.92 Å². The van der Waals surface area contributed by atoms with Gasteiger partial charge in [0.15, 0.2) is 5.41 Å². The summed E-state index contributed by atoms with van der Waals surface area (Å²) in [5, 5.41) is 30.9. The molecule has 0 aromatic heterocycles. The Balaban J connectivity index is 1.72. The Kier molecular flexibility index (Phi) is 5.07. The van der Waals surface area contributed by atoms with E-state index in [9.17, 15) is 20.6 Å². The zero-order valence-corrected chi connectivity index (χ0v) is 16.3. The summed E-state index contributed by atoms with van der Waals surface area (Å²) in [7, 11) is 0. The van der Waals surface area contributed by atoms with Gasteiger partial charge in [0.05, 0.1) is 17.1 Å². The topological polar surface area (TPSA) is 90.7 Å². The van der Waals surface area contributed by atoms with Crippen LogP contribution in [0.4, 0.5) is 5.69 Å². The maximum Gasteiger partial charge on any atom is 0.269 e. The third kappa shape index (κ3) is 3.55. The molecule has 0 saturated heterocycles. The summed E-state index contributed by atoms with van der Waals surface area (Å²) < 4.78 is 0. The molecule has 2 aromatic carbocycles. The van der Waals surface area contributed by atoms with Gasteiger partial charge in [-0.3, -0.25) is 10.1 Å². The van der Waals surface area contributed by atoms with Crippen molar-refractivity contribution >= 4 is 11.3 Å². The van der Waals surface area contributed by atoms with Crippen LogP contribution in [0.3, 0.4) is 0 Å². The number of nitriles is 2. The van der Waals surface area contributed by atoms with Crippen LogP contribution in [0.15, 0.2) is 96.1 Å². The summed E-state index contributed by atoms with van der Waals surface area (Å²) in [5.74, 6) is 5.61. The molecular formula is C26H15N3O2. The molecule has 2 aromatic rings. The van der Waals surface area contributed by atoms with Crippen LogP contribution in [-0.2, 0) is 0 Å². The number of rotatable bonds is 2. The van der Waals surface area contributed by atoms with Gasteiger partial charge in [-0.15, -0.1) is 0 Å². The first-order chi connectivity index (χ1) is 15.1. The second-order valence-electron chi connectivity index (χ2n) is 7.14. The number of non-ortho nitro benzene ring substituents is 1. The monoisotopic (exact) mass is 401 g/mol. The number of nitrogens with zero attached hydrogens (tertiary/aromatic N) is 3. The fourth-order valence-electron chi connectivity index (χ4n) is 3.77. The molecule has 0 fully saturated rings. The van der Waals surface area contributed by atoms with Gasteiger partial charge in [-0.25, -0.2) is 0 Å². The van der Waals surface area contributed by atoms with E-state index in [4.69, 9.17) is 0 Å². The first-order valence-electron chi connectivity index (χ1n) is 9.54. The number of nitro benzene ring substituents is 1. The maximum atomic E-state index is 10.8. The molecule has 2 aliphatic carbocycles. The van der Waals surface area contributed by atoms with Gasteiger partial charge in [0.2, 0.25) is 0 Å². The van der Waals surface area contributed by atoms with Gasteiger partial charge in [0.1, 0.15) is 0 Å². The maximum absolute atomic E-state index is 10.8. The summed E-state index contributed by atoms with van der Waals surface area (Å²) in [5.41, 5.74) is 2.38. The Morgan fingerprint density at radius 1 is 0.968 bits per heavy atom. The third-order valence-corrected chi connectivity index (χ3v) is 5.34. The summed E-state index contributed by atoms with van der Waals surface area (Å²) in [6.45, 7) is 0. The Hall–Kier alpha value is -4.66. The largest absolute Gasteiger partial charge is 0.269 e. The van der Waals surface area contributed by atoms with E-state index in [0.717, 1.165) is 11.1 Å². The van der Waals surface area contributed by atoms with Crippen LogP contribution in [0.25, 0.3) is 5.57 Å². The minimum absolute atomic E-state index is 0.00580. The number of allylic oxidation sites excluding steroid dienone is 8. The SMILES string of the molecule is N#CC1(C#N)C(c2ccccc2)=CC2=CC=CC(C#Cc3ccc([N+](=O)[O-])cc3)=CC21. The van der Waals surface area contributed by atoms with Crippen LogP contribution < -0.4 is 0 Å². The minimum atomic E-state index is -1.35. The first-order valence-corrected chi connectivity index (χ1v) is 9.54. The van der Waals surface area contributed by atoms with Gasteiger partial charge in [-0.05, 0) is 34.9 Å². The minimum Gasteiger partial charge on any atom is -0.258 e. The van der Waals surface area contributed by atoms with Crippen molar-refractivity contribution in [3.8, 4) is 24.0 Å². The number of fused-ring (bicyclic) bond motifs is 1. The van der Waals surface area contributed by atoms with Crippen LogP contribution >= 0.6 is 0 Å². The molecule has 0 aliphatic heterocycles. The van der Waals surface area contributed by atoms with E-state index >= 15 is 0 Å². The third-order valence-electron chi connectivity index (χ3n) is 5.34. The molecule has 0 heterocycles. The zero-order chi connectivity index (χ0) is 21.8. The highest BCUT2D eigenvalue weighted by molar-refractivity contribution is 5.83. The summed E-state index contributed by atoms with van der Waals surface area (Å²) in [6, 6.07) is 20.0. The van der Waals surface area contributed by atoms with E-state index in [2.05, 4.69) is 24.0 Å². The van der Waals surface area contributed by atoms with Crippen LogP contribution in [0.1, 0.15) is 11.1 Å². The van der Waals surface area contributed by atoms with Gasteiger partial charge in [0.25, 0.3) is 5.69 Å². The van der Waals surface area contributed by atoms with Crippen LogP contribution in [0, 0.1) is 56.0 Å². The standard InChI is InChI=1S/C26H15N3O2/c27-17-26(18-28)24-15-20(10-9-19-11-13-23(14-12-19)29(30)31)5-4-8-22(24)16-25(26)21-6-2-1-3-7-21/h1-8,11-16,24H. The molecule has 0 amide bonds. The average Bonchev–Trinajstić information content (AvgIpc) is 2.96. The van der Waals surface area contributed by atoms with Crippen molar-refractivity contribution in [3.63, 3.8) is 0 Å². The summed E-state index contributed by atoms with van der Waals surface area (Å²) in [4.78, 5) is 10.3. The van der Waals surface area contributed by atoms with E-state index in [1.165, 1.54) is 12.1 Å². The highest BCUT2D eigenvalue weighted by Crippen LogP contribution is 2.52. The molecule has 2 aliphatic rings. The molecule has 31 heavy (non-hydrogen) atoms. The Labute approximate surface area is 179 Å². The normalized spacial score (nSPS) is 18.0. The quantitative estimate of drug-likeness (QED) is 0.397. The molecular weight excluding hydrogens is 386 g/mol. The molecule has 0 radical (unpaired) electrons. The number of benzene rings is 2. The molecule has 1 unspecified atom stereocenters. The van der Waals surface area contributed by atoms with Gasteiger partial charge >= 0.3 is 0 Å². The Morgan fingerprint density at radius 2 is 1.68 bits per heavy atom. The highest BCUT2D eigenvalue weighted by atomic mass is 16.6. The number of hydrogen-bond acceptors (Lipinski definition) is 4. The second-order valence-corrected chi connectivity index (χ2v) is 7.14. The molecule has 5 heteroatoms. The van der Waals surface area contributed by atoms with Crippen LogP contribution in [0.2, 0.25) is 0 Å². The summed E-state index contributed by atoms with van der Waals surface area (Å²) >= 11 is 0. The molecule has 0 spiro atoms. The first kappa shape index (κ1) is 19.6. The van der Waals surface area contributed by atoms with Crippen molar-refractivity contribution in [2.75, 3.05) is 0 Å². The fraction of sp³-hybridized carbons (Fsp3) is 0.0769. The van der Waals surface area contributed by atoms with Gasteiger partial charge in [0, 0.05) is 29.2 Å². The van der Waals surface area contributed by atoms with Crippen molar-refractivity contribution in [3.05, 3.63) is 117 Å². The number of hydrogen-bond donors (Lipinski definition) is 0. The molecule has 0 bridgehead atoms. The molecule has 5 nitrogen and oxygen atoms in total. The van der Waals surface area contributed by atoms with E-state index in [1.54, 1.807) is 12.1 Å². The lowest BCUT2D eigenvalue weighted by molar-refractivity contribution is -0.384. The smallest absolute Gasteiger partial charge is 0.258 e. The average molecular weight is 401 g/mol. The van der Waals surface area contributed by atoms with Crippen molar-refractivity contribution in [2.45, 2.75) is 0 Å². The van der Waals surface area contributed by atoms with E-state index in [1.807, 2.05) is 60.7 Å². The lowest BCUT2D eigenvalue weighted by atomic mass is 9.72. The predicted octanol–water partition coefficient (Wildman–Crippen LogP) is 5.12. The van der Waals surface area contributed by atoms with Crippen molar-refractivity contribution < 1.29 is 4.92 Å². The molecule has 0 N–H and O–H groups in total. The van der Waals surface area contributed by atoms with E-state index in [-0.39, 0.29) is 5.69 Å². The zero-order valence-electron chi connectivity index (χ0n) is 16.3. The van der Waals surface area contributed by atoms with Crippen molar-refractivity contribution in [2.24, 2.45) is 11.3 Å². The van der Waals surface area contributed by atoms with Gasteiger partial charge < -0.3 is 0 Å².